The van der Waals surface area contributed by atoms with Crippen LogP contribution in [0.4, 0.5) is 8.78 Å². The van der Waals surface area contributed by atoms with Crippen LogP contribution in [0.1, 0.15) is 0 Å². The lowest BCUT2D eigenvalue weighted by Crippen LogP contribution is -1.96. The van der Waals surface area contributed by atoms with E-state index in [1.54, 1.807) is 0 Å². The minimum absolute atomic E-state index is 0.208. The topological polar surface area (TPSA) is 31.6 Å². The van der Waals surface area contributed by atoms with E-state index in [1.807, 2.05) is 0 Å². The van der Waals surface area contributed by atoms with E-state index in [1.165, 1.54) is 6.07 Å². The van der Waals surface area contributed by atoms with E-state index in [0.29, 0.717) is 5.52 Å². The Morgan fingerprint density at radius 3 is 2.40 bits per heavy atom. The Balaban J connectivity index is 2.84. The van der Waals surface area contributed by atoms with Gasteiger partial charge in [-0.05, 0) is 12.1 Å². The van der Waals surface area contributed by atoms with Gasteiger partial charge in [-0.15, -0.1) is 0 Å². The maximum atomic E-state index is 12.6. The molecule has 0 amide bonds. The van der Waals surface area contributed by atoms with E-state index in [9.17, 15) is 8.78 Å². The van der Waals surface area contributed by atoms with E-state index in [2.05, 4.69) is 10.2 Å². The molecule has 0 aliphatic carbocycles. The highest BCUT2D eigenvalue weighted by Crippen LogP contribution is 2.16. The summed E-state index contributed by atoms with van der Waals surface area (Å²) in [6.07, 6.45) is 0. The van der Waals surface area contributed by atoms with E-state index in [0.717, 1.165) is 6.07 Å². The van der Waals surface area contributed by atoms with Crippen molar-refractivity contribution in [2.75, 3.05) is 0 Å². The SMILES string of the molecule is Fc1ccc2[nH][nH]c2c1F. The maximum Gasteiger partial charge on any atom is 0.185 e. The summed E-state index contributed by atoms with van der Waals surface area (Å²) in [5.41, 5.74) is 0.805. The van der Waals surface area contributed by atoms with Crippen LogP contribution in [0, 0.1) is 11.6 Å². The van der Waals surface area contributed by atoms with E-state index in [4.69, 9.17) is 0 Å². The van der Waals surface area contributed by atoms with Crippen LogP contribution in [0.25, 0.3) is 11.0 Å². The van der Waals surface area contributed by atoms with Crippen molar-refractivity contribution in [1.82, 2.24) is 10.2 Å². The van der Waals surface area contributed by atoms with Crippen LogP contribution in [0.15, 0.2) is 12.1 Å². The second kappa shape index (κ2) is 1.59. The van der Waals surface area contributed by atoms with Gasteiger partial charge in [-0.2, -0.15) is 0 Å². The normalized spacial score (nSPS) is 11.0. The van der Waals surface area contributed by atoms with E-state index < -0.39 is 11.6 Å². The summed E-state index contributed by atoms with van der Waals surface area (Å²) >= 11 is 0. The number of rotatable bonds is 0. The third-order valence-electron chi connectivity index (χ3n) is 1.42. The van der Waals surface area contributed by atoms with Gasteiger partial charge in [-0.1, -0.05) is 0 Å². The van der Waals surface area contributed by atoms with Crippen LogP contribution >= 0.6 is 0 Å². The molecular formula is C6H4F2N2. The first-order chi connectivity index (χ1) is 4.79. The molecule has 0 fully saturated rings. The molecule has 0 aliphatic heterocycles. The van der Waals surface area contributed by atoms with Crippen molar-refractivity contribution >= 4 is 11.0 Å². The van der Waals surface area contributed by atoms with Crippen LogP contribution in [0.3, 0.4) is 0 Å². The Morgan fingerprint density at radius 2 is 1.90 bits per heavy atom. The molecule has 1 heterocycles. The number of aromatic amines is 2. The molecule has 2 nitrogen and oxygen atoms in total. The zero-order valence-corrected chi connectivity index (χ0v) is 4.91. The fraction of sp³-hybridized carbons (Fsp3) is 0. The van der Waals surface area contributed by atoms with Crippen molar-refractivity contribution in [3.8, 4) is 0 Å². The summed E-state index contributed by atoms with van der Waals surface area (Å²) in [4.78, 5) is 0. The predicted molar refractivity (Wildman–Crippen MR) is 32.6 cm³/mol. The number of halogens is 2. The van der Waals surface area contributed by atoms with Gasteiger partial charge in [-0.25, -0.2) is 8.78 Å². The average molecular weight is 142 g/mol. The summed E-state index contributed by atoms with van der Waals surface area (Å²) in [7, 11) is 0. The van der Waals surface area contributed by atoms with Crippen LogP contribution in [-0.4, -0.2) is 10.2 Å². The van der Waals surface area contributed by atoms with Gasteiger partial charge in [0.25, 0.3) is 0 Å². The molecule has 0 aliphatic rings. The fourth-order valence-corrected chi connectivity index (χ4v) is 0.844. The van der Waals surface area contributed by atoms with Gasteiger partial charge >= 0.3 is 0 Å². The third kappa shape index (κ3) is 0.504. The first-order valence-electron chi connectivity index (χ1n) is 2.79. The summed E-state index contributed by atoms with van der Waals surface area (Å²) in [5.74, 6) is -1.65. The van der Waals surface area contributed by atoms with Crippen molar-refractivity contribution < 1.29 is 8.78 Å². The van der Waals surface area contributed by atoms with Gasteiger partial charge in [0.05, 0.1) is 5.52 Å². The quantitative estimate of drug-likeness (QED) is 0.561. The molecule has 2 aromatic rings. The molecule has 1 aromatic carbocycles. The fourth-order valence-electron chi connectivity index (χ4n) is 0.844. The van der Waals surface area contributed by atoms with Crippen molar-refractivity contribution in [3.63, 3.8) is 0 Å². The smallest absolute Gasteiger partial charge is 0.185 e. The predicted octanol–water partition coefficient (Wildman–Crippen LogP) is 1.77. The van der Waals surface area contributed by atoms with Gasteiger partial charge in [-0.3, -0.25) is 10.2 Å². The molecule has 52 valence electrons. The molecule has 1 aromatic heterocycles. The zero-order chi connectivity index (χ0) is 7.14. The monoisotopic (exact) mass is 142 g/mol. The Bertz CT molecular complexity index is 361. The van der Waals surface area contributed by atoms with Crippen LogP contribution in [0.5, 0.6) is 0 Å². The number of hydrogen-bond donors (Lipinski definition) is 2. The number of fused-ring (bicyclic) bond motifs is 1. The third-order valence-corrected chi connectivity index (χ3v) is 1.42. The molecule has 0 saturated heterocycles. The molecule has 2 rings (SSSR count). The Morgan fingerprint density at radius 1 is 1.10 bits per heavy atom. The molecule has 4 heteroatoms. The van der Waals surface area contributed by atoms with Crippen LogP contribution in [0.2, 0.25) is 0 Å². The summed E-state index contributed by atoms with van der Waals surface area (Å²) in [6, 6.07) is 2.56. The minimum Gasteiger partial charge on any atom is -0.298 e. The molecule has 10 heavy (non-hydrogen) atoms. The van der Waals surface area contributed by atoms with Crippen molar-refractivity contribution in [2.45, 2.75) is 0 Å². The first kappa shape index (κ1) is 5.46. The van der Waals surface area contributed by atoms with Gasteiger partial charge in [0, 0.05) is 0 Å². The highest BCUT2D eigenvalue weighted by molar-refractivity contribution is 5.76. The summed E-state index contributed by atoms with van der Waals surface area (Å²) in [6.45, 7) is 0. The molecular weight excluding hydrogens is 138 g/mol. The second-order valence-corrected chi connectivity index (χ2v) is 2.03. The Hall–Kier alpha value is -1.32. The first-order valence-corrected chi connectivity index (χ1v) is 2.79. The van der Waals surface area contributed by atoms with Crippen molar-refractivity contribution in [3.05, 3.63) is 23.8 Å². The number of nitrogens with one attached hydrogen (secondary N) is 2. The van der Waals surface area contributed by atoms with Crippen LogP contribution in [-0.2, 0) is 0 Å². The molecule has 0 atom stereocenters. The molecule has 0 unspecified atom stereocenters. The number of aromatic nitrogens is 2. The van der Waals surface area contributed by atoms with E-state index in [-0.39, 0.29) is 5.52 Å². The van der Waals surface area contributed by atoms with Crippen LogP contribution < -0.4 is 0 Å². The summed E-state index contributed by atoms with van der Waals surface area (Å²) in [5, 5.41) is 5.03. The Kier molecular flexibility index (Phi) is 0.869. The van der Waals surface area contributed by atoms with E-state index >= 15 is 0 Å². The highest BCUT2D eigenvalue weighted by atomic mass is 19.2. The van der Waals surface area contributed by atoms with Crippen molar-refractivity contribution in [2.24, 2.45) is 0 Å². The number of H-pyrrole nitrogens is 2. The molecule has 0 spiro atoms. The van der Waals surface area contributed by atoms with Crippen molar-refractivity contribution in [1.29, 1.82) is 0 Å². The average Bonchev–Trinajstić information content (AvgIpc) is 1.82. The second-order valence-electron chi connectivity index (χ2n) is 2.03. The highest BCUT2D eigenvalue weighted by Gasteiger charge is 2.08. The molecule has 0 saturated carbocycles. The summed E-state index contributed by atoms with van der Waals surface area (Å²) < 4.78 is 24.9. The maximum absolute atomic E-state index is 12.6. The van der Waals surface area contributed by atoms with Gasteiger partial charge in [0.1, 0.15) is 5.52 Å². The zero-order valence-electron chi connectivity index (χ0n) is 4.91. The molecule has 2 N–H and O–H groups in total. The standard InChI is InChI=1S/C6H4F2N2/c7-3-1-2-4-6(5(3)8)10-9-4/h1-2,9-10H. The molecule has 0 radical (unpaired) electrons. The lowest BCUT2D eigenvalue weighted by atomic mass is 10.3. The number of benzene rings is 1. The minimum atomic E-state index is -0.826. The lowest BCUT2D eigenvalue weighted by Gasteiger charge is -2.03. The van der Waals surface area contributed by atoms with Gasteiger partial charge in [0.15, 0.2) is 11.6 Å². The molecule has 0 bridgehead atoms. The van der Waals surface area contributed by atoms with Gasteiger partial charge < -0.3 is 0 Å². The Labute approximate surface area is 54.8 Å². The van der Waals surface area contributed by atoms with Gasteiger partial charge in [0.2, 0.25) is 0 Å². The largest absolute Gasteiger partial charge is 0.298 e. The lowest BCUT2D eigenvalue weighted by molar-refractivity contribution is 0.513. The number of hydrogen-bond acceptors (Lipinski definition) is 0.